The Morgan fingerprint density at radius 2 is 2.25 bits per heavy atom. The molecule has 4 heteroatoms. The van der Waals surface area contributed by atoms with Crippen molar-refractivity contribution in [3.63, 3.8) is 0 Å². The number of rotatable bonds is 3. The molecule has 1 heterocycles. The molecule has 0 spiro atoms. The van der Waals surface area contributed by atoms with E-state index in [1.54, 1.807) is 13.1 Å². The maximum Gasteiger partial charge on any atom is 0.316 e. The lowest BCUT2D eigenvalue weighted by molar-refractivity contribution is -0.139. The van der Waals surface area contributed by atoms with E-state index in [1.165, 1.54) is 0 Å². The normalized spacial score (nSPS) is 12.6. The van der Waals surface area contributed by atoms with Crippen LogP contribution in [0.5, 0.6) is 5.75 Å². The Labute approximate surface area is 92.9 Å². The van der Waals surface area contributed by atoms with Crippen molar-refractivity contribution >= 4 is 16.9 Å². The van der Waals surface area contributed by atoms with Crippen LogP contribution in [0, 0.1) is 5.92 Å². The second-order valence-electron chi connectivity index (χ2n) is 3.70. The van der Waals surface area contributed by atoms with Gasteiger partial charge < -0.3 is 14.8 Å². The quantitative estimate of drug-likeness (QED) is 0.772. The SMILES string of the molecule is CC(CO)C(=O)Oc1c[nH]c2ccccc12. The van der Waals surface area contributed by atoms with E-state index in [0.717, 1.165) is 10.9 Å². The number of hydrogen-bond acceptors (Lipinski definition) is 3. The van der Waals surface area contributed by atoms with Gasteiger partial charge in [-0.15, -0.1) is 0 Å². The summed E-state index contributed by atoms with van der Waals surface area (Å²) in [7, 11) is 0. The Balaban J connectivity index is 2.25. The molecule has 16 heavy (non-hydrogen) atoms. The predicted molar refractivity (Wildman–Crippen MR) is 60.2 cm³/mol. The van der Waals surface area contributed by atoms with E-state index in [9.17, 15) is 4.79 Å². The van der Waals surface area contributed by atoms with Gasteiger partial charge in [0.05, 0.1) is 12.5 Å². The van der Waals surface area contributed by atoms with Crippen LogP contribution in [0.15, 0.2) is 30.5 Å². The molecule has 1 atom stereocenters. The number of carbonyl (C=O) groups is 1. The van der Waals surface area contributed by atoms with Gasteiger partial charge in [0.25, 0.3) is 0 Å². The molecule has 0 radical (unpaired) electrons. The first kappa shape index (κ1) is 10.7. The first-order valence-electron chi connectivity index (χ1n) is 5.11. The fourth-order valence-corrected chi connectivity index (χ4v) is 1.41. The fourth-order valence-electron chi connectivity index (χ4n) is 1.41. The highest BCUT2D eigenvalue weighted by atomic mass is 16.5. The molecule has 1 unspecified atom stereocenters. The van der Waals surface area contributed by atoms with Crippen molar-refractivity contribution in [3.05, 3.63) is 30.5 Å². The molecule has 2 aromatic rings. The third-order valence-electron chi connectivity index (χ3n) is 2.44. The number of H-pyrrole nitrogens is 1. The number of aromatic nitrogens is 1. The van der Waals surface area contributed by atoms with E-state index in [2.05, 4.69) is 4.98 Å². The Hall–Kier alpha value is -1.81. The zero-order chi connectivity index (χ0) is 11.5. The number of nitrogens with one attached hydrogen (secondary N) is 1. The number of benzene rings is 1. The minimum Gasteiger partial charge on any atom is -0.424 e. The van der Waals surface area contributed by atoms with Crippen molar-refractivity contribution in [2.75, 3.05) is 6.61 Å². The van der Waals surface area contributed by atoms with Crippen LogP contribution >= 0.6 is 0 Å². The monoisotopic (exact) mass is 219 g/mol. The lowest BCUT2D eigenvalue weighted by Crippen LogP contribution is -2.20. The molecule has 2 N–H and O–H groups in total. The summed E-state index contributed by atoms with van der Waals surface area (Å²) < 4.78 is 5.19. The molecule has 0 bridgehead atoms. The molecular formula is C12H13NO3. The number of aliphatic hydroxyl groups excluding tert-OH is 1. The summed E-state index contributed by atoms with van der Waals surface area (Å²) in [6.45, 7) is 1.42. The molecular weight excluding hydrogens is 206 g/mol. The molecule has 1 aromatic carbocycles. The number of para-hydroxylation sites is 1. The zero-order valence-corrected chi connectivity index (χ0v) is 8.93. The molecule has 4 nitrogen and oxygen atoms in total. The van der Waals surface area contributed by atoms with Gasteiger partial charge in [-0.2, -0.15) is 0 Å². The molecule has 0 saturated heterocycles. The van der Waals surface area contributed by atoms with Gasteiger partial charge >= 0.3 is 5.97 Å². The van der Waals surface area contributed by atoms with E-state index < -0.39 is 11.9 Å². The van der Waals surface area contributed by atoms with Crippen LogP contribution in [0.3, 0.4) is 0 Å². The average Bonchev–Trinajstić information content (AvgIpc) is 2.72. The number of esters is 1. The number of hydrogen-bond donors (Lipinski definition) is 2. The van der Waals surface area contributed by atoms with Crippen LogP contribution in [0.25, 0.3) is 10.9 Å². The smallest absolute Gasteiger partial charge is 0.316 e. The third kappa shape index (κ3) is 1.92. The number of carbonyl (C=O) groups excluding carboxylic acids is 1. The first-order chi connectivity index (χ1) is 7.72. The van der Waals surface area contributed by atoms with Crippen molar-refractivity contribution < 1.29 is 14.6 Å². The maximum absolute atomic E-state index is 11.5. The van der Waals surface area contributed by atoms with Crippen molar-refractivity contribution in [2.45, 2.75) is 6.92 Å². The number of aliphatic hydroxyl groups is 1. The fraction of sp³-hybridized carbons (Fsp3) is 0.250. The molecule has 0 saturated carbocycles. The molecule has 0 aliphatic carbocycles. The second-order valence-corrected chi connectivity index (χ2v) is 3.70. The average molecular weight is 219 g/mol. The predicted octanol–water partition coefficient (Wildman–Crippen LogP) is 1.70. The first-order valence-corrected chi connectivity index (χ1v) is 5.11. The Morgan fingerprint density at radius 1 is 1.50 bits per heavy atom. The molecule has 0 fully saturated rings. The molecule has 2 rings (SSSR count). The van der Waals surface area contributed by atoms with Gasteiger partial charge in [0.2, 0.25) is 0 Å². The van der Waals surface area contributed by atoms with E-state index in [-0.39, 0.29) is 6.61 Å². The standard InChI is InChI=1S/C12H13NO3/c1-8(7-14)12(15)16-11-6-13-10-5-3-2-4-9(10)11/h2-6,8,13-14H,7H2,1H3. The van der Waals surface area contributed by atoms with Gasteiger partial charge in [-0.25, -0.2) is 0 Å². The van der Waals surface area contributed by atoms with E-state index in [1.807, 2.05) is 24.3 Å². The summed E-state index contributed by atoms with van der Waals surface area (Å²) in [5.41, 5.74) is 0.918. The van der Waals surface area contributed by atoms with Gasteiger partial charge in [-0.05, 0) is 19.1 Å². The minimum absolute atomic E-state index is 0.207. The summed E-state index contributed by atoms with van der Waals surface area (Å²) >= 11 is 0. The van der Waals surface area contributed by atoms with Crippen LogP contribution in [0.4, 0.5) is 0 Å². The highest BCUT2D eigenvalue weighted by Gasteiger charge is 2.15. The summed E-state index contributed by atoms with van der Waals surface area (Å²) in [4.78, 5) is 14.5. The molecule has 0 amide bonds. The summed E-state index contributed by atoms with van der Waals surface area (Å²) in [6.07, 6.45) is 1.65. The van der Waals surface area contributed by atoms with E-state index in [4.69, 9.17) is 9.84 Å². The lowest BCUT2D eigenvalue weighted by atomic mass is 10.2. The van der Waals surface area contributed by atoms with Crippen LogP contribution in [0.1, 0.15) is 6.92 Å². The van der Waals surface area contributed by atoms with Crippen LogP contribution in [-0.4, -0.2) is 22.7 Å². The molecule has 0 aliphatic rings. The van der Waals surface area contributed by atoms with Crippen molar-refractivity contribution in [1.29, 1.82) is 0 Å². The number of ether oxygens (including phenoxy) is 1. The molecule has 1 aromatic heterocycles. The molecule has 84 valence electrons. The summed E-state index contributed by atoms with van der Waals surface area (Å²) in [5, 5.41) is 9.70. The van der Waals surface area contributed by atoms with Crippen LogP contribution < -0.4 is 4.74 Å². The Kier molecular flexibility index (Phi) is 2.92. The van der Waals surface area contributed by atoms with Gasteiger partial charge in [0.15, 0.2) is 5.75 Å². The van der Waals surface area contributed by atoms with Gasteiger partial charge in [0.1, 0.15) is 0 Å². The van der Waals surface area contributed by atoms with Crippen LogP contribution in [-0.2, 0) is 4.79 Å². The highest BCUT2D eigenvalue weighted by Crippen LogP contribution is 2.25. The van der Waals surface area contributed by atoms with Crippen molar-refractivity contribution in [3.8, 4) is 5.75 Å². The largest absolute Gasteiger partial charge is 0.424 e. The van der Waals surface area contributed by atoms with E-state index >= 15 is 0 Å². The topological polar surface area (TPSA) is 62.3 Å². The number of fused-ring (bicyclic) bond motifs is 1. The lowest BCUT2D eigenvalue weighted by Gasteiger charge is -2.06. The highest BCUT2D eigenvalue weighted by molar-refractivity contribution is 5.88. The van der Waals surface area contributed by atoms with E-state index in [0.29, 0.717) is 5.75 Å². The van der Waals surface area contributed by atoms with Gasteiger partial charge in [0, 0.05) is 17.1 Å². The Morgan fingerprint density at radius 3 is 3.00 bits per heavy atom. The van der Waals surface area contributed by atoms with Gasteiger partial charge in [-0.3, -0.25) is 4.79 Å². The van der Waals surface area contributed by atoms with Crippen molar-refractivity contribution in [2.24, 2.45) is 5.92 Å². The van der Waals surface area contributed by atoms with Crippen LogP contribution in [0.2, 0.25) is 0 Å². The van der Waals surface area contributed by atoms with Gasteiger partial charge in [-0.1, -0.05) is 12.1 Å². The zero-order valence-electron chi connectivity index (χ0n) is 8.93. The third-order valence-corrected chi connectivity index (χ3v) is 2.44. The molecule has 0 aliphatic heterocycles. The summed E-state index contributed by atoms with van der Waals surface area (Å²) in [6, 6.07) is 7.56. The number of aromatic amines is 1. The second kappa shape index (κ2) is 4.37. The Bertz CT molecular complexity index is 504. The summed E-state index contributed by atoms with van der Waals surface area (Å²) in [5.74, 6) is -0.429. The minimum atomic E-state index is -0.506. The van der Waals surface area contributed by atoms with Crippen molar-refractivity contribution in [1.82, 2.24) is 4.98 Å². The maximum atomic E-state index is 11.5.